The number of rotatable bonds is 3. The van der Waals surface area contributed by atoms with Crippen LogP contribution in [-0.4, -0.2) is 18.1 Å². The lowest BCUT2D eigenvalue weighted by Gasteiger charge is -2.21. The van der Waals surface area contributed by atoms with Crippen LogP contribution in [0.4, 0.5) is 0 Å². The van der Waals surface area contributed by atoms with E-state index < -0.39 is 5.54 Å². The smallest absolute Gasteiger partial charge is 0.326 e. The third-order valence-corrected chi connectivity index (χ3v) is 2.14. The van der Waals surface area contributed by atoms with Crippen molar-refractivity contribution in [3.05, 3.63) is 0 Å². The van der Waals surface area contributed by atoms with E-state index in [-0.39, 0.29) is 5.97 Å². The fraction of sp³-hybridized carbons (Fsp3) is 0.875. The van der Waals surface area contributed by atoms with E-state index in [0.29, 0.717) is 12.5 Å². The quantitative estimate of drug-likeness (QED) is 0.613. The molecule has 0 aromatic carbocycles. The van der Waals surface area contributed by atoms with Crippen LogP contribution in [0.1, 0.15) is 26.7 Å². The number of hydrogen-bond donors (Lipinski definition) is 1. The van der Waals surface area contributed by atoms with Crippen LogP contribution in [0, 0.1) is 5.92 Å². The molecule has 11 heavy (non-hydrogen) atoms. The van der Waals surface area contributed by atoms with Crippen LogP contribution < -0.4 is 5.73 Å². The van der Waals surface area contributed by atoms with Gasteiger partial charge in [0.1, 0.15) is 5.54 Å². The molecule has 0 saturated heterocycles. The van der Waals surface area contributed by atoms with Crippen LogP contribution in [-0.2, 0) is 9.53 Å². The summed E-state index contributed by atoms with van der Waals surface area (Å²) in [4.78, 5) is 11.2. The second-order valence-electron chi connectivity index (χ2n) is 3.28. The Morgan fingerprint density at radius 1 is 1.73 bits per heavy atom. The van der Waals surface area contributed by atoms with Gasteiger partial charge >= 0.3 is 5.97 Å². The van der Waals surface area contributed by atoms with Crippen molar-refractivity contribution < 1.29 is 9.53 Å². The van der Waals surface area contributed by atoms with E-state index in [1.807, 2.05) is 0 Å². The molecule has 1 fully saturated rings. The first-order valence-corrected chi connectivity index (χ1v) is 4.05. The average molecular weight is 157 g/mol. The molecule has 0 heterocycles. The zero-order valence-electron chi connectivity index (χ0n) is 7.09. The summed E-state index contributed by atoms with van der Waals surface area (Å²) in [5.41, 5.74) is 5.04. The SMILES string of the molecule is CCOC(=O)[C@](C)(N)C1CC1. The molecule has 0 unspecified atom stereocenters. The second-order valence-corrected chi connectivity index (χ2v) is 3.28. The summed E-state index contributed by atoms with van der Waals surface area (Å²) in [6, 6.07) is 0. The monoisotopic (exact) mass is 157 g/mol. The first-order valence-electron chi connectivity index (χ1n) is 4.05. The Labute approximate surface area is 66.9 Å². The highest BCUT2D eigenvalue weighted by Crippen LogP contribution is 2.38. The Bertz CT molecular complexity index is 161. The molecule has 64 valence electrons. The molecule has 0 aromatic heterocycles. The van der Waals surface area contributed by atoms with Gasteiger partial charge in [-0.05, 0) is 32.6 Å². The van der Waals surface area contributed by atoms with E-state index in [9.17, 15) is 4.79 Å². The summed E-state index contributed by atoms with van der Waals surface area (Å²) in [6.07, 6.45) is 2.12. The Balaban J connectivity index is 2.48. The first kappa shape index (κ1) is 8.53. The van der Waals surface area contributed by atoms with Gasteiger partial charge in [0.05, 0.1) is 6.61 Å². The summed E-state index contributed by atoms with van der Waals surface area (Å²) < 4.78 is 4.84. The number of esters is 1. The van der Waals surface area contributed by atoms with Gasteiger partial charge in [-0.2, -0.15) is 0 Å². The molecule has 3 heteroatoms. The lowest BCUT2D eigenvalue weighted by Crippen LogP contribution is -2.48. The largest absolute Gasteiger partial charge is 0.465 e. The van der Waals surface area contributed by atoms with Crippen molar-refractivity contribution in [2.24, 2.45) is 11.7 Å². The maximum Gasteiger partial charge on any atom is 0.326 e. The third-order valence-electron chi connectivity index (χ3n) is 2.14. The molecule has 0 spiro atoms. The normalized spacial score (nSPS) is 22.5. The van der Waals surface area contributed by atoms with Gasteiger partial charge < -0.3 is 10.5 Å². The fourth-order valence-electron chi connectivity index (χ4n) is 1.14. The zero-order valence-corrected chi connectivity index (χ0v) is 7.09. The Morgan fingerprint density at radius 3 is 2.64 bits per heavy atom. The molecule has 1 rings (SSSR count). The zero-order chi connectivity index (χ0) is 8.48. The summed E-state index contributed by atoms with van der Waals surface area (Å²) in [5, 5.41) is 0. The molecule has 0 aromatic rings. The minimum absolute atomic E-state index is 0.262. The molecule has 1 aliphatic carbocycles. The van der Waals surface area contributed by atoms with Gasteiger partial charge in [0.2, 0.25) is 0 Å². The van der Waals surface area contributed by atoms with E-state index in [4.69, 9.17) is 10.5 Å². The number of carbonyl (C=O) groups excluding carboxylic acids is 1. The van der Waals surface area contributed by atoms with Crippen LogP contribution in [0.3, 0.4) is 0 Å². The van der Waals surface area contributed by atoms with Crippen LogP contribution in [0.15, 0.2) is 0 Å². The van der Waals surface area contributed by atoms with Crippen molar-refractivity contribution >= 4 is 5.97 Å². The predicted octanol–water partition coefficient (Wildman–Crippen LogP) is 0.677. The predicted molar refractivity (Wildman–Crippen MR) is 41.9 cm³/mol. The van der Waals surface area contributed by atoms with Crippen molar-refractivity contribution in [2.75, 3.05) is 6.61 Å². The maximum absolute atomic E-state index is 11.2. The standard InChI is InChI=1S/C8H15NO2/c1-3-11-7(10)8(2,9)6-4-5-6/h6H,3-5,9H2,1-2H3/t8-/m1/s1. The number of hydrogen-bond acceptors (Lipinski definition) is 3. The van der Waals surface area contributed by atoms with Crippen molar-refractivity contribution in [3.63, 3.8) is 0 Å². The Hall–Kier alpha value is -0.570. The Morgan fingerprint density at radius 2 is 2.27 bits per heavy atom. The number of nitrogens with two attached hydrogens (primary N) is 1. The molecule has 1 saturated carbocycles. The third kappa shape index (κ3) is 1.71. The van der Waals surface area contributed by atoms with Gasteiger partial charge in [-0.25, -0.2) is 0 Å². The van der Waals surface area contributed by atoms with Gasteiger partial charge in [-0.1, -0.05) is 0 Å². The van der Waals surface area contributed by atoms with Crippen LogP contribution in [0.5, 0.6) is 0 Å². The van der Waals surface area contributed by atoms with Crippen molar-refractivity contribution in [1.29, 1.82) is 0 Å². The lowest BCUT2D eigenvalue weighted by molar-refractivity contribution is -0.149. The minimum Gasteiger partial charge on any atom is -0.465 e. The minimum atomic E-state index is -0.740. The summed E-state index contributed by atoms with van der Waals surface area (Å²) >= 11 is 0. The highest BCUT2D eigenvalue weighted by molar-refractivity contribution is 5.80. The molecule has 0 radical (unpaired) electrons. The van der Waals surface area contributed by atoms with E-state index in [2.05, 4.69) is 0 Å². The highest BCUT2D eigenvalue weighted by atomic mass is 16.5. The first-order chi connectivity index (χ1) is 5.09. The molecule has 1 aliphatic rings. The average Bonchev–Trinajstić information content (AvgIpc) is 2.68. The van der Waals surface area contributed by atoms with E-state index in [1.54, 1.807) is 13.8 Å². The van der Waals surface area contributed by atoms with Crippen molar-refractivity contribution in [2.45, 2.75) is 32.2 Å². The molecule has 2 N–H and O–H groups in total. The van der Waals surface area contributed by atoms with E-state index in [1.165, 1.54) is 0 Å². The van der Waals surface area contributed by atoms with Gasteiger partial charge in [-0.3, -0.25) is 4.79 Å². The maximum atomic E-state index is 11.2. The van der Waals surface area contributed by atoms with Crippen LogP contribution in [0.25, 0.3) is 0 Å². The van der Waals surface area contributed by atoms with Crippen molar-refractivity contribution in [1.82, 2.24) is 0 Å². The van der Waals surface area contributed by atoms with Crippen molar-refractivity contribution in [3.8, 4) is 0 Å². The Kier molecular flexibility index (Phi) is 2.18. The second kappa shape index (κ2) is 2.81. The van der Waals surface area contributed by atoms with E-state index >= 15 is 0 Å². The number of ether oxygens (including phenoxy) is 1. The van der Waals surface area contributed by atoms with Gasteiger partial charge in [-0.15, -0.1) is 0 Å². The van der Waals surface area contributed by atoms with Gasteiger partial charge in [0.25, 0.3) is 0 Å². The van der Waals surface area contributed by atoms with Gasteiger partial charge in [0, 0.05) is 0 Å². The van der Waals surface area contributed by atoms with E-state index in [0.717, 1.165) is 12.8 Å². The number of carbonyl (C=O) groups is 1. The van der Waals surface area contributed by atoms with Gasteiger partial charge in [0.15, 0.2) is 0 Å². The molecule has 0 amide bonds. The van der Waals surface area contributed by atoms with Crippen LogP contribution in [0.2, 0.25) is 0 Å². The molecular formula is C8H15NO2. The molecule has 1 atom stereocenters. The summed E-state index contributed by atoms with van der Waals surface area (Å²) in [5.74, 6) is 0.0871. The molecule has 0 bridgehead atoms. The van der Waals surface area contributed by atoms with Crippen LogP contribution >= 0.6 is 0 Å². The fourth-order valence-corrected chi connectivity index (χ4v) is 1.14. The highest BCUT2D eigenvalue weighted by Gasteiger charge is 2.45. The topological polar surface area (TPSA) is 52.3 Å². The lowest BCUT2D eigenvalue weighted by atomic mass is 9.98. The molecule has 0 aliphatic heterocycles. The summed E-state index contributed by atoms with van der Waals surface area (Å²) in [7, 11) is 0. The summed E-state index contributed by atoms with van der Waals surface area (Å²) in [6.45, 7) is 3.96. The molecule has 3 nitrogen and oxygen atoms in total. The molecular weight excluding hydrogens is 142 g/mol.